The van der Waals surface area contributed by atoms with E-state index >= 15 is 0 Å². The number of alkyl carbamates (subject to hydrolysis) is 1. The first-order valence-electron chi connectivity index (χ1n) is 10.1. The SMILES string of the molecule is O=C(NC[C@H](O)C(=O)OCc1ccccc1)OCC1c2ccccc2-c2ccccc21. The molecular formula is C25H23NO5. The summed E-state index contributed by atoms with van der Waals surface area (Å²) in [6.45, 7) is -0.0691. The summed E-state index contributed by atoms with van der Waals surface area (Å²) in [5.41, 5.74) is 5.32. The molecule has 0 unspecified atom stereocenters. The van der Waals surface area contributed by atoms with E-state index in [0.717, 1.165) is 27.8 Å². The van der Waals surface area contributed by atoms with Crippen LogP contribution in [0.4, 0.5) is 4.79 Å². The molecule has 6 heteroatoms. The van der Waals surface area contributed by atoms with Crippen molar-refractivity contribution < 1.29 is 24.2 Å². The van der Waals surface area contributed by atoms with Crippen LogP contribution < -0.4 is 5.32 Å². The predicted molar refractivity (Wildman–Crippen MR) is 115 cm³/mol. The molecule has 158 valence electrons. The first-order valence-corrected chi connectivity index (χ1v) is 10.1. The van der Waals surface area contributed by atoms with Crippen LogP contribution in [0.15, 0.2) is 78.9 Å². The van der Waals surface area contributed by atoms with E-state index in [4.69, 9.17) is 9.47 Å². The minimum absolute atomic E-state index is 0.0566. The fourth-order valence-corrected chi connectivity index (χ4v) is 3.74. The van der Waals surface area contributed by atoms with Crippen molar-refractivity contribution in [1.82, 2.24) is 5.32 Å². The Morgan fingerprint density at radius 2 is 1.42 bits per heavy atom. The number of ether oxygens (including phenoxy) is 2. The van der Waals surface area contributed by atoms with Gasteiger partial charge >= 0.3 is 12.1 Å². The molecule has 0 saturated heterocycles. The van der Waals surface area contributed by atoms with Crippen molar-refractivity contribution in [3.05, 3.63) is 95.6 Å². The Labute approximate surface area is 180 Å². The van der Waals surface area contributed by atoms with Crippen molar-refractivity contribution in [3.63, 3.8) is 0 Å². The van der Waals surface area contributed by atoms with Crippen LogP contribution >= 0.6 is 0 Å². The maximum Gasteiger partial charge on any atom is 0.407 e. The van der Waals surface area contributed by atoms with Gasteiger partial charge in [0.2, 0.25) is 0 Å². The molecule has 1 atom stereocenters. The maximum absolute atomic E-state index is 12.1. The number of aliphatic hydroxyl groups is 1. The lowest BCUT2D eigenvalue weighted by Crippen LogP contribution is -2.38. The van der Waals surface area contributed by atoms with E-state index in [1.54, 1.807) is 0 Å². The van der Waals surface area contributed by atoms with Crippen molar-refractivity contribution in [3.8, 4) is 11.1 Å². The highest BCUT2D eigenvalue weighted by atomic mass is 16.6. The van der Waals surface area contributed by atoms with Gasteiger partial charge in [-0.25, -0.2) is 9.59 Å². The number of amides is 1. The number of esters is 1. The summed E-state index contributed by atoms with van der Waals surface area (Å²) in [7, 11) is 0. The topological polar surface area (TPSA) is 84.9 Å². The molecule has 3 aromatic carbocycles. The average molecular weight is 417 g/mol. The summed E-state index contributed by atoms with van der Waals surface area (Å²) in [5.74, 6) is -0.860. The summed E-state index contributed by atoms with van der Waals surface area (Å²) < 4.78 is 10.4. The number of aliphatic hydroxyl groups excluding tert-OH is 1. The minimum Gasteiger partial charge on any atom is -0.459 e. The van der Waals surface area contributed by atoms with Gasteiger partial charge in [-0.05, 0) is 27.8 Å². The molecule has 4 rings (SSSR count). The minimum atomic E-state index is -1.47. The van der Waals surface area contributed by atoms with Gasteiger partial charge in [0.05, 0.1) is 6.54 Å². The Kier molecular flexibility index (Phi) is 6.29. The van der Waals surface area contributed by atoms with E-state index in [-0.39, 0.29) is 25.7 Å². The third kappa shape index (κ3) is 4.75. The first-order chi connectivity index (χ1) is 15.1. The molecule has 0 aliphatic heterocycles. The van der Waals surface area contributed by atoms with Gasteiger partial charge in [-0.3, -0.25) is 0 Å². The molecule has 0 aromatic heterocycles. The first kappa shape index (κ1) is 20.6. The Morgan fingerprint density at radius 1 is 0.839 bits per heavy atom. The summed E-state index contributed by atoms with van der Waals surface area (Å²) >= 11 is 0. The zero-order valence-electron chi connectivity index (χ0n) is 16.9. The van der Waals surface area contributed by atoms with Crippen molar-refractivity contribution >= 4 is 12.1 Å². The predicted octanol–water partition coefficient (Wildman–Crippen LogP) is 3.63. The monoisotopic (exact) mass is 417 g/mol. The second-order valence-corrected chi connectivity index (χ2v) is 7.32. The van der Waals surface area contributed by atoms with Gasteiger partial charge in [-0.2, -0.15) is 0 Å². The van der Waals surface area contributed by atoms with Crippen LogP contribution in [-0.2, 0) is 20.9 Å². The summed E-state index contributed by atoms with van der Waals surface area (Å²) in [6.07, 6.45) is -2.17. The number of nitrogens with one attached hydrogen (secondary N) is 1. The lowest BCUT2D eigenvalue weighted by molar-refractivity contribution is -0.154. The van der Waals surface area contributed by atoms with Crippen LogP contribution in [0, 0.1) is 0 Å². The number of hydrogen-bond acceptors (Lipinski definition) is 5. The van der Waals surface area contributed by atoms with Gasteiger partial charge in [0.15, 0.2) is 6.10 Å². The lowest BCUT2D eigenvalue weighted by atomic mass is 9.98. The smallest absolute Gasteiger partial charge is 0.407 e. The molecule has 1 aliphatic rings. The van der Waals surface area contributed by atoms with Crippen LogP contribution in [0.3, 0.4) is 0 Å². The van der Waals surface area contributed by atoms with E-state index in [9.17, 15) is 14.7 Å². The molecule has 0 bridgehead atoms. The Morgan fingerprint density at radius 3 is 2.06 bits per heavy atom. The van der Waals surface area contributed by atoms with Crippen LogP contribution in [0.2, 0.25) is 0 Å². The number of fused-ring (bicyclic) bond motifs is 3. The number of rotatable bonds is 7. The second kappa shape index (κ2) is 9.45. The molecule has 31 heavy (non-hydrogen) atoms. The molecule has 0 fully saturated rings. The number of hydrogen-bond donors (Lipinski definition) is 2. The van der Waals surface area contributed by atoms with Crippen LogP contribution in [0.1, 0.15) is 22.6 Å². The van der Waals surface area contributed by atoms with Gasteiger partial charge in [0, 0.05) is 5.92 Å². The summed E-state index contributed by atoms with van der Waals surface area (Å²) in [6, 6.07) is 25.3. The number of carbonyl (C=O) groups is 2. The van der Waals surface area contributed by atoms with Crippen molar-refractivity contribution in [2.24, 2.45) is 0 Å². The molecule has 0 spiro atoms. The maximum atomic E-state index is 12.1. The summed E-state index contributed by atoms with van der Waals surface area (Å²) in [5, 5.41) is 12.4. The quantitative estimate of drug-likeness (QED) is 0.574. The Balaban J connectivity index is 1.26. The van der Waals surface area contributed by atoms with Gasteiger partial charge in [-0.1, -0.05) is 78.9 Å². The molecular weight excluding hydrogens is 394 g/mol. The number of benzene rings is 3. The molecule has 0 saturated carbocycles. The zero-order valence-corrected chi connectivity index (χ0v) is 16.9. The molecule has 1 aliphatic carbocycles. The average Bonchev–Trinajstić information content (AvgIpc) is 3.14. The van der Waals surface area contributed by atoms with Gasteiger partial charge < -0.3 is 19.9 Å². The van der Waals surface area contributed by atoms with Crippen molar-refractivity contribution in [1.29, 1.82) is 0 Å². The van der Waals surface area contributed by atoms with Gasteiger partial charge in [0.1, 0.15) is 13.2 Å². The fraction of sp³-hybridized carbons (Fsp3) is 0.200. The molecule has 1 amide bonds. The molecule has 0 radical (unpaired) electrons. The Hall–Kier alpha value is -3.64. The molecule has 3 aromatic rings. The fourth-order valence-electron chi connectivity index (χ4n) is 3.74. The standard InChI is InChI=1S/C25H23NO5/c27-23(24(28)30-15-17-8-2-1-3-9-17)14-26-25(29)31-16-22-20-12-6-4-10-18(20)19-11-5-7-13-21(19)22/h1-13,22-23,27H,14-16H2,(H,26,29)/t23-/m0/s1. The van der Waals surface area contributed by atoms with E-state index < -0.39 is 18.2 Å². The summed E-state index contributed by atoms with van der Waals surface area (Å²) in [4.78, 5) is 24.0. The van der Waals surface area contributed by atoms with Gasteiger partial charge in [-0.15, -0.1) is 0 Å². The zero-order chi connectivity index (χ0) is 21.6. The third-order valence-corrected chi connectivity index (χ3v) is 5.28. The van der Waals surface area contributed by atoms with Crippen LogP contribution in [0.5, 0.6) is 0 Å². The third-order valence-electron chi connectivity index (χ3n) is 5.28. The largest absolute Gasteiger partial charge is 0.459 e. The highest BCUT2D eigenvalue weighted by molar-refractivity contribution is 5.79. The van der Waals surface area contributed by atoms with E-state index in [1.807, 2.05) is 66.7 Å². The van der Waals surface area contributed by atoms with Crippen molar-refractivity contribution in [2.45, 2.75) is 18.6 Å². The molecule has 2 N–H and O–H groups in total. The lowest BCUT2D eigenvalue weighted by Gasteiger charge is -2.15. The van der Waals surface area contributed by atoms with Crippen molar-refractivity contribution in [2.75, 3.05) is 13.2 Å². The Bertz CT molecular complexity index is 1020. The van der Waals surface area contributed by atoms with E-state index in [2.05, 4.69) is 17.4 Å². The van der Waals surface area contributed by atoms with Crippen LogP contribution in [0.25, 0.3) is 11.1 Å². The highest BCUT2D eigenvalue weighted by Crippen LogP contribution is 2.44. The normalized spacial score (nSPS) is 13.1. The van der Waals surface area contributed by atoms with Crippen LogP contribution in [-0.4, -0.2) is 36.4 Å². The highest BCUT2D eigenvalue weighted by Gasteiger charge is 2.29. The van der Waals surface area contributed by atoms with Gasteiger partial charge in [0.25, 0.3) is 0 Å². The molecule has 0 heterocycles. The second-order valence-electron chi connectivity index (χ2n) is 7.32. The van der Waals surface area contributed by atoms with E-state index in [0.29, 0.717) is 0 Å². The molecule has 6 nitrogen and oxygen atoms in total. The van der Waals surface area contributed by atoms with E-state index in [1.165, 1.54) is 0 Å². The number of carbonyl (C=O) groups excluding carboxylic acids is 2.